The Morgan fingerprint density at radius 1 is 1.05 bits per heavy atom. The lowest BCUT2D eigenvalue weighted by Crippen LogP contribution is -2.10. The number of ketones is 1. The molecule has 1 aliphatic heterocycles. The van der Waals surface area contributed by atoms with Crippen LogP contribution in [0.15, 0.2) is 48.2 Å². The van der Waals surface area contributed by atoms with Crippen LogP contribution < -0.4 is 4.74 Å². The van der Waals surface area contributed by atoms with Gasteiger partial charge in [0.1, 0.15) is 11.6 Å². The van der Waals surface area contributed by atoms with Gasteiger partial charge in [-0.1, -0.05) is 45.0 Å². The SMILES string of the molecule is CC(C)(C)c1ccc(/C=C2/Oc3ccc(F)cc3C2=O)cc1. The molecule has 0 unspecified atom stereocenters. The second-order valence-electron chi connectivity index (χ2n) is 6.45. The van der Waals surface area contributed by atoms with E-state index in [9.17, 15) is 9.18 Å². The summed E-state index contributed by atoms with van der Waals surface area (Å²) in [5, 5.41) is 0. The Labute approximate surface area is 129 Å². The molecule has 1 heterocycles. The number of carbonyl (C=O) groups excluding carboxylic acids is 1. The molecule has 3 heteroatoms. The van der Waals surface area contributed by atoms with Gasteiger partial charge in [-0.05, 0) is 40.8 Å². The molecule has 1 aliphatic rings. The maximum Gasteiger partial charge on any atom is 0.232 e. The van der Waals surface area contributed by atoms with Gasteiger partial charge >= 0.3 is 0 Å². The first-order chi connectivity index (χ1) is 10.3. The molecule has 0 fully saturated rings. The van der Waals surface area contributed by atoms with Gasteiger partial charge in [0.25, 0.3) is 0 Å². The third-order valence-corrected chi connectivity index (χ3v) is 3.70. The van der Waals surface area contributed by atoms with Crippen molar-refractivity contribution in [2.45, 2.75) is 26.2 Å². The highest BCUT2D eigenvalue weighted by molar-refractivity contribution is 6.14. The fraction of sp³-hybridized carbons (Fsp3) is 0.211. The van der Waals surface area contributed by atoms with E-state index in [4.69, 9.17) is 4.74 Å². The third-order valence-electron chi connectivity index (χ3n) is 3.70. The molecule has 0 saturated carbocycles. The van der Waals surface area contributed by atoms with Gasteiger partial charge in [0, 0.05) is 0 Å². The highest BCUT2D eigenvalue weighted by Crippen LogP contribution is 2.32. The molecule has 2 aromatic rings. The van der Waals surface area contributed by atoms with Crippen LogP contribution >= 0.6 is 0 Å². The Morgan fingerprint density at radius 3 is 2.36 bits per heavy atom. The minimum absolute atomic E-state index is 0.0825. The summed E-state index contributed by atoms with van der Waals surface area (Å²) in [5.74, 6) is -0.0889. The number of rotatable bonds is 1. The van der Waals surface area contributed by atoms with Crippen LogP contribution in [-0.4, -0.2) is 5.78 Å². The summed E-state index contributed by atoms with van der Waals surface area (Å²) in [4.78, 5) is 12.2. The predicted octanol–water partition coefficient (Wildman–Crippen LogP) is 4.74. The second kappa shape index (κ2) is 5.09. The lowest BCUT2D eigenvalue weighted by molar-refractivity contribution is 0.101. The number of benzene rings is 2. The largest absolute Gasteiger partial charge is 0.452 e. The average molecular weight is 296 g/mol. The first kappa shape index (κ1) is 14.5. The molecule has 0 atom stereocenters. The van der Waals surface area contributed by atoms with Crippen LogP contribution in [0.4, 0.5) is 4.39 Å². The Kier molecular flexibility index (Phi) is 3.36. The fourth-order valence-corrected chi connectivity index (χ4v) is 2.39. The minimum Gasteiger partial charge on any atom is -0.452 e. The zero-order chi connectivity index (χ0) is 15.9. The van der Waals surface area contributed by atoms with Crippen molar-refractivity contribution in [2.24, 2.45) is 0 Å². The molecule has 0 saturated heterocycles. The van der Waals surface area contributed by atoms with Gasteiger partial charge in [-0.25, -0.2) is 4.39 Å². The van der Waals surface area contributed by atoms with Crippen LogP contribution in [0.3, 0.4) is 0 Å². The van der Waals surface area contributed by atoms with Crippen molar-refractivity contribution < 1.29 is 13.9 Å². The van der Waals surface area contributed by atoms with Crippen molar-refractivity contribution in [2.75, 3.05) is 0 Å². The van der Waals surface area contributed by atoms with E-state index in [1.165, 1.54) is 23.8 Å². The van der Waals surface area contributed by atoms with Crippen molar-refractivity contribution in [1.29, 1.82) is 0 Å². The Hall–Kier alpha value is -2.42. The molecule has 0 bridgehead atoms. The highest BCUT2D eigenvalue weighted by Gasteiger charge is 2.27. The summed E-state index contributed by atoms with van der Waals surface area (Å²) in [6.07, 6.45) is 1.69. The third kappa shape index (κ3) is 2.67. The molecule has 112 valence electrons. The quantitative estimate of drug-likeness (QED) is 0.710. The van der Waals surface area contributed by atoms with Crippen molar-refractivity contribution in [3.8, 4) is 5.75 Å². The van der Waals surface area contributed by atoms with Gasteiger partial charge in [0.05, 0.1) is 5.56 Å². The Bertz CT molecular complexity index is 765. The van der Waals surface area contributed by atoms with Crippen molar-refractivity contribution in [3.63, 3.8) is 0 Å². The van der Waals surface area contributed by atoms with E-state index in [0.29, 0.717) is 5.75 Å². The average Bonchev–Trinajstić information content (AvgIpc) is 2.75. The van der Waals surface area contributed by atoms with Crippen molar-refractivity contribution >= 4 is 11.9 Å². The molecule has 3 rings (SSSR count). The molecule has 0 aromatic heterocycles. The molecular formula is C19H17FO2. The number of hydrogen-bond donors (Lipinski definition) is 0. The van der Waals surface area contributed by atoms with Crippen LogP contribution in [0.25, 0.3) is 6.08 Å². The molecule has 0 amide bonds. The molecular weight excluding hydrogens is 279 g/mol. The lowest BCUT2D eigenvalue weighted by atomic mass is 9.86. The first-order valence-corrected chi connectivity index (χ1v) is 7.19. The summed E-state index contributed by atoms with van der Waals surface area (Å²) in [6, 6.07) is 12.0. The zero-order valence-corrected chi connectivity index (χ0v) is 12.8. The summed E-state index contributed by atoms with van der Waals surface area (Å²) in [5.41, 5.74) is 2.46. The standard InChI is InChI=1S/C19H17FO2/c1-19(2,3)13-6-4-12(5-7-13)10-17-18(21)15-11-14(20)8-9-16(15)22-17/h4-11H,1-3H3/b17-10+. The van der Waals surface area contributed by atoms with Crippen LogP contribution in [0.1, 0.15) is 42.3 Å². The molecule has 2 nitrogen and oxygen atoms in total. The number of Topliss-reactive ketones (excluding diaryl/α,β-unsaturated/α-hetero) is 1. The van der Waals surface area contributed by atoms with E-state index in [0.717, 1.165) is 5.56 Å². The maximum atomic E-state index is 13.2. The van der Waals surface area contributed by atoms with Gasteiger partial charge in [-0.2, -0.15) is 0 Å². The predicted molar refractivity (Wildman–Crippen MR) is 84.5 cm³/mol. The number of ether oxygens (including phenoxy) is 1. The number of halogens is 1. The maximum absolute atomic E-state index is 13.2. The smallest absolute Gasteiger partial charge is 0.232 e. The molecule has 2 aromatic carbocycles. The van der Waals surface area contributed by atoms with E-state index in [1.54, 1.807) is 6.08 Å². The molecule has 0 N–H and O–H groups in total. The number of hydrogen-bond acceptors (Lipinski definition) is 2. The summed E-state index contributed by atoms with van der Waals surface area (Å²) >= 11 is 0. The van der Waals surface area contributed by atoms with Gasteiger partial charge in [-0.15, -0.1) is 0 Å². The Morgan fingerprint density at radius 2 is 1.73 bits per heavy atom. The van der Waals surface area contributed by atoms with Crippen molar-refractivity contribution in [1.82, 2.24) is 0 Å². The Balaban J connectivity index is 1.90. The van der Waals surface area contributed by atoms with E-state index < -0.39 is 5.82 Å². The van der Waals surface area contributed by atoms with E-state index >= 15 is 0 Å². The molecule has 22 heavy (non-hydrogen) atoms. The topological polar surface area (TPSA) is 26.3 Å². The molecule has 0 radical (unpaired) electrons. The molecule has 0 aliphatic carbocycles. The fourth-order valence-electron chi connectivity index (χ4n) is 2.39. The van der Waals surface area contributed by atoms with Crippen LogP contribution in [-0.2, 0) is 5.41 Å². The highest BCUT2D eigenvalue weighted by atomic mass is 19.1. The van der Waals surface area contributed by atoms with Gasteiger partial charge in [0.15, 0.2) is 5.76 Å². The van der Waals surface area contributed by atoms with Crippen LogP contribution in [0.5, 0.6) is 5.75 Å². The lowest BCUT2D eigenvalue weighted by Gasteiger charge is -2.18. The van der Waals surface area contributed by atoms with Gasteiger partial charge in [0.2, 0.25) is 5.78 Å². The first-order valence-electron chi connectivity index (χ1n) is 7.19. The number of carbonyl (C=O) groups is 1. The van der Waals surface area contributed by atoms with Crippen molar-refractivity contribution in [3.05, 3.63) is 70.7 Å². The minimum atomic E-state index is -0.438. The summed E-state index contributed by atoms with van der Waals surface area (Å²) in [7, 11) is 0. The summed E-state index contributed by atoms with van der Waals surface area (Å²) < 4.78 is 18.7. The number of allylic oxidation sites excluding steroid dienone is 1. The van der Waals surface area contributed by atoms with E-state index in [-0.39, 0.29) is 22.5 Å². The van der Waals surface area contributed by atoms with Crippen LogP contribution in [0, 0.1) is 5.82 Å². The van der Waals surface area contributed by atoms with Gasteiger partial charge < -0.3 is 4.74 Å². The van der Waals surface area contributed by atoms with Crippen LogP contribution in [0.2, 0.25) is 0 Å². The van der Waals surface area contributed by atoms with E-state index in [1.807, 2.05) is 24.3 Å². The normalized spacial score (nSPS) is 15.8. The zero-order valence-electron chi connectivity index (χ0n) is 12.8. The van der Waals surface area contributed by atoms with Gasteiger partial charge in [-0.3, -0.25) is 4.79 Å². The molecule has 0 spiro atoms. The second-order valence-corrected chi connectivity index (χ2v) is 6.45. The number of fused-ring (bicyclic) bond motifs is 1. The monoisotopic (exact) mass is 296 g/mol. The summed E-state index contributed by atoms with van der Waals surface area (Å²) in [6.45, 7) is 6.44. The van der Waals surface area contributed by atoms with E-state index in [2.05, 4.69) is 20.8 Å².